The van der Waals surface area contributed by atoms with Crippen LogP contribution < -0.4 is 5.32 Å². The fourth-order valence-corrected chi connectivity index (χ4v) is 7.39. The Kier molecular flexibility index (Phi) is 5.10. The number of thiophene rings is 1. The van der Waals surface area contributed by atoms with Gasteiger partial charge in [-0.3, -0.25) is 0 Å². The number of halogens is 2. The number of nitrogens with one attached hydrogen (secondary N) is 2. The maximum absolute atomic E-state index is 16.1. The molecule has 0 aliphatic heterocycles. The van der Waals surface area contributed by atoms with Gasteiger partial charge in [0.25, 0.3) is 0 Å². The normalized spacial score (nSPS) is 25.9. The summed E-state index contributed by atoms with van der Waals surface area (Å²) >= 11 is 7.77. The summed E-state index contributed by atoms with van der Waals surface area (Å²) in [6.07, 6.45) is 10.6. The molecule has 2 N–H and O–H groups in total. The van der Waals surface area contributed by atoms with E-state index in [9.17, 15) is 0 Å². The molecule has 6 nitrogen and oxygen atoms in total. The smallest absolute Gasteiger partial charge is 0.192 e. The SMILES string of the molecule is C[C@H]1C2CCC(CC2)[C@@H]1Nc1nc(-c2c[nH]c3ncc(Cl)nc23)nc(-c2ccc(C3CC3)s2)c1F. The molecule has 4 aliphatic rings. The summed E-state index contributed by atoms with van der Waals surface area (Å²) in [5.74, 6) is 2.67. The fraction of sp³-hybridized carbons (Fsp3) is 0.462. The van der Waals surface area contributed by atoms with Gasteiger partial charge in [0.05, 0.1) is 16.6 Å². The van der Waals surface area contributed by atoms with Gasteiger partial charge >= 0.3 is 0 Å². The third-order valence-electron chi connectivity index (χ3n) is 8.22. The summed E-state index contributed by atoms with van der Waals surface area (Å²) in [5, 5.41) is 3.84. The first-order valence-electron chi connectivity index (χ1n) is 12.5. The van der Waals surface area contributed by atoms with Gasteiger partial charge in [-0.1, -0.05) is 18.5 Å². The standard InChI is InChI=1S/C26H26ClFN6S/c1-12-13-2-6-15(7-3-13)21(12)32-25-20(28)23(18-9-8-17(35-18)14-4-5-14)33-24(34-25)16-10-29-26-22(16)31-19(27)11-30-26/h8-15,21H,2-7H2,1H3,(H,29,30)(H,32,33,34)/t12-,13?,15?,21+/m0/s1. The molecule has 2 bridgehead atoms. The Hall–Kier alpha value is -2.58. The Labute approximate surface area is 211 Å². The average molecular weight is 509 g/mol. The fourth-order valence-electron chi connectivity index (χ4n) is 6.09. The van der Waals surface area contributed by atoms with Crippen LogP contribution in [0.15, 0.2) is 24.5 Å². The zero-order valence-electron chi connectivity index (χ0n) is 19.4. The van der Waals surface area contributed by atoms with Gasteiger partial charge in [0.15, 0.2) is 23.1 Å². The van der Waals surface area contributed by atoms with Crippen LogP contribution in [0.1, 0.15) is 56.2 Å². The molecule has 4 saturated carbocycles. The largest absolute Gasteiger partial charge is 0.364 e. The zero-order chi connectivity index (χ0) is 23.7. The Balaban J connectivity index is 1.36. The molecule has 4 aromatic heterocycles. The van der Waals surface area contributed by atoms with Crippen molar-refractivity contribution in [2.75, 3.05) is 5.32 Å². The van der Waals surface area contributed by atoms with Crippen molar-refractivity contribution in [3.05, 3.63) is 40.4 Å². The average Bonchev–Trinajstić information content (AvgIpc) is 3.45. The lowest BCUT2D eigenvalue weighted by Crippen LogP contribution is -2.47. The van der Waals surface area contributed by atoms with Crippen molar-refractivity contribution in [3.63, 3.8) is 0 Å². The highest BCUT2D eigenvalue weighted by atomic mass is 35.5. The lowest BCUT2D eigenvalue weighted by atomic mass is 9.62. The van der Waals surface area contributed by atoms with E-state index < -0.39 is 0 Å². The van der Waals surface area contributed by atoms with Gasteiger partial charge in [0.1, 0.15) is 16.4 Å². The first kappa shape index (κ1) is 21.7. The van der Waals surface area contributed by atoms with Gasteiger partial charge in [-0.05, 0) is 74.3 Å². The van der Waals surface area contributed by atoms with E-state index in [2.05, 4.69) is 33.3 Å². The molecule has 0 amide bonds. The van der Waals surface area contributed by atoms with Crippen LogP contribution in [0.25, 0.3) is 33.1 Å². The van der Waals surface area contributed by atoms with Crippen LogP contribution in [0.2, 0.25) is 5.15 Å². The van der Waals surface area contributed by atoms with Crippen LogP contribution in [0.4, 0.5) is 10.2 Å². The predicted octanol–water partition coefficient (Wildman–Crippen LogP) is 7.05. The van der Waals surface area contributed by atoms with Crippen LogP contribution in [0, 0.1) is 23.6 Å². The summed E-state index contributed by atoms with van der Waals surface area (Å²) in [6, 6.07) is 4.33. The molecule has 4 fully saturated rings. The molecule has 9 heteroatoms. The van der Waals surface area contributed by atoms with E-state index in [1.807, 2.05) is 6.07 Å². The summed E-state index contributed by atoms with van der Waals surface area (Å²) in [6.45, 7) is 2.30. The van der Waals surface area contributed by atoms with E-state index in [1.54, 1.807) is 17.5 Å². The Morgan fingerprint density at radius 3 is 2.63 bits per heavy atom. The topological polar surface area (TPSA) is 79.4 Å². The highest BCUT2D eigenvalue weighted by Gasteiger charge is 2.42. The molecule has 35 heavy (non-hydrogen) atoms. The van der Waals surface area contributed by atoms with Crippen molar-refractivity contribution in [2.24, 2.45) is 17.8 Å². The van der Waals surface area contributed by atoms with Crippen LogP contribution >= 0.6 is 22.9 Å². The van der Waals surface area contributed by atoms with E-state index in [-0.39, 0.29) is 17.7 Å². The number of anilines is 1. The molecule has 0 saturated heterocycles. The molecule has 4 aliphatic carbocycles. The van der Waals surface area contributed by atoms with Gasteiger partial charge < -0.3 is 10.3 Å². The van der Waals surface area contributed by atoms with Gasteiger partial charge in [-0.25, -0.2) is 24.3 Å². The highest BCUT2D eigenvalue weighted by molar-refractivity contribution is 7.15. The molecule has 4 heterocycles. The first-order valence-corrected chi connectivity index (χ1v) is 13.7. The number of hydrogen-bond acceptors (Lipinski definition) is 6. The Morgan fingerprint density at radius 1 is 1.06 bits per heavy atom. The molecular formula is C26H26ClFN6S. The van der Waals surface area contributed by atoms with Crippen molar-refractivity contribution in [3.8, 4) is 22.0 Å². The van der Waals surface area contributed by atoms with Crippen LogP contribution in [-0.2, 0) is 0 Å². The van der Waals surface area contributed by atoms with E-state index >= 15 is 4.39 Å². The predicted molar refractivity (Wildman–Crippen MR) is 137 cm³/mol. The number of nitrogens with zero attached hydrogens (tertiary/aromatic N) is 4. The lowest BCUT2D eigenvalue weighted by Gasteiger charge is -2.47. The number of hydrogen-bond donors (Lipinski definition) is 2. The van der Waals surface area contributed by atoms with Crippen LogP contribution in [0.3, 0.4) is 0 Å². The monoisotopic (exact) mass is 508 g/mol. The van der Waals surface area contributed by atoms with Gasteiger partial charge in [-0.15, -0.1) is 11.3 Å². The van der Waals surface area contributed by atoms with E-state index in [1.165, 1.54) is 49.6 Å². The second-order valence-corrected chi connectivity index (χ2v) is 11.8. The summed E-state index contributed by atoms with van der Waals surface area (Å²) < 4.78 is 16.1. The molecule has 8 rings (SSSR count). The van der Waals surface area contributed by atoms with Gasteiger partial charge in [-0.2, -0.15) is 0 Å². The summed E-state index contributed by atoms with van der Waals surface area (Å²) in [5.41, 5.74) is 2.18. The second kappa shape index (κ2) is 8.23. The second-order valence-electron chi connectivity index (χ2n) is 10.3. The minimum atomic E-state index is -0.379. The molecule has 4 aromatic rings. The third-order valence-corrected chi connectivity index (χ3v) is 9.66. The zero-order valence-corrected chi connectivity index (χ0v) is 21.0. The van der Waals surface area contributed by atoms with Crippen molar-refractivity contribution in [1.82, 2.24) is 24.9 Å². The van der Waals surface area contributed by atoms with Crippen LogP contribution in [0.5, 0.6) is 0 Å². The van der Waals surface area contributed by atoms with Crippen molar-refractivity contribution < 1.29 is 4.39 Å². The maximum atomic E-state index is 16.1. The molecular weight excluding hydrogens is 483 g/mol. The van der Waals surface area contributed by atoms with Gasteiger partial charge in [0, 0.05) is 17.1 Å². The van der Waals surface area contributed by atoms with Crippen molar-refractivity contribution in [2.45, 2.75) is 57.4 Å². The molecule has 0 unspecified atom stereocenters. The number of rotatable bonds is 5. The number of H-pyrrole nitrogens is 1. The first-order chi connectivity index (χ1) is 17.0. The number of aromatic nitrogens is 5. The van der Waals surface area contributed by atoms with E-state index in [0.717, 1.165) is 4.88 Å². The minimum Gasteiger partial charge on any atom is -0.364 e. The van der Waals surface area contributed by atoms with Gasteiger partial charge in [0.2, 0.25) is 0 Å². The summed E-state index contributed by atoms with van der Waals surface area (Å²) in [4.78, 5) is 23.5. The molecule has 0 aromatic carbocycles. The highest BCUT2D eigenvalue weighted by Crippen LogP contribution is 2.47. The molecule has 2 atom stereocenters. The quantitative estimate of drug-likeness (QED) is 0.302. The van der Waals surface area contributed by atoms with Crippen LogP contribution in [-0.4, -0.2) is 31.0 Å². The molecule has 0 radical (unpaired) electrons. The van der Waals surface area contributed by atoms with E-state index in [0.29, 0.717) is 57.1 Å². The third kappa shape index (κ3) is 3.73. The molecule has 0 spiro atoms. The number of aromatic amines is 1. The van der Waals surface area contributed by atoms with Crippen molar-refractivity contribution in [1.29, 1.82) is 0 Å². The molecule has 180 valence electrons. The summed E-state index contributed by atoms with van der Waals surface area (Å²) in [7, 11) is 0. The van der Waals surface area contributed by atoms with E-state index in [4.69, 9.17) is 21.6 Å². The minimum absolute atomic E-state index is 0.218. The Morgan fingerprint density at radius 2 is 1.86 bits per heavy atom. The van der Waals surface area contributed by atoms with Crippen molar-refractivity contribution >= 4 is 39.9 Å². The Bertz CT molecular complexity index is 1420. The maximum Gasteiger partial charge on any atom is 0.192 e. The lowest BCUT2D eigenvalue weighted by molar-refractivity contribution is 0.0926. The number of fused-ring (bicyclic) bond motifs is 4.